The van der Waals surface area contributed by atoms with E-state index >= 15 is 0 Å². The minimum atomic E-state index is -1.14. The highest BCUT2D eigenvalue weighted by Gasteiger charge is 2.32. The van der Waals surface area contributed by atoms with E-state index in [9.17, 15) is 9.59 Å². The predicted molar refractivity (Wildman–Crippen MR) is 73.6 cm³/mol. The van der Waals surface area contributed by atoms with Crippen LogP contribution in [0.15, 0.2) is 17.1 Å². The topological polar surface area (TPSA) is 59.3 Å². The molecule has 0 aliphatic heterocycles. The summed E-state index contributed by atoms with van der Waals surface area (Å²) in [5.41, 5.74) is 0.582. The van der Waals surface area contributed by atoms with Crippen LogP contribution in [0.3, 0.4) is 0 Å². The molecule has 0 radical (unpaired) electrons. The smallest absolute Gasteiger partial charge is 0.341 e. The van der Waals surface area contributed by atoms with E-state index < -0.39 is 11.4 Å². The molecule has 0 saturated heterocycles. The van der Waals surface area contributed by atoms with Crippen LogP contribution in [0.4, 0.5) is 0 Å². The number of carbonyl (C=O) groups is 1. The molecule has 1 fully saturated rings. The lowest BCUT2D eigenvalue weighted by atomic mass is 9.83. The Bertz CT molecular complexity index is 539. The Morgan fingerprint density at radius 1 is 1.42 bits per heavy atom. The molecule has 19 heavy (non-hydrogen) atoms. The summed E-state index contributed by atoms with van der Waals surface area (Å²) in [7, 11) is 0. The van der Waals surface area contributed by atoms with Gasteiger partial charge in [0.1, 0.15) is 5.56 Å². The third kappa shape index (κ3) is 2.72. The van der Waals surface area contributed by atoms with Crippen molar-refractivity contribution in [2.75, 3.05) is 0 Å². The van der Waals surface area contributed by atoms with Crippen LogP contribution in [0.2, 0.25) is 0 Å². The van der Waals surface area contributed by atoms with E-state index in [-0.39, 0.29) is 11.0 Å². The zero-order valence-electron chi connectivity index (χ0n) is 11.6. The third-order valence-corrected chi connectivity index (χ3v) is 4.49. The van der Waals surface area contributed by atoms with Crippen molar-refractivity contribution in [3.05, 3.63) is 33.7 Å². The highest BCUT2D eigenvalue weighted by molar-refractivity contribution is 5.87. The summed E-state index contributed by atoms with van der Waals surface area (Å²) in [5, 5.41) is 9.05. The van der Waals surface area contributed by atoms with Gasteiger partial charge in [0.2, 0.25) is 0 Å². The first-order valence-electron chi connectivity index (χ1n) is 6.92. The van der Waals surface area contributed by atoms with Crippen LogP contribution in [-0.4, -0.2) is 15.6 Å². The van der Waals surface area contributed by atoms with Crippen molar-refractivity contribution < 1.29 is 9.90 Å². The summed E-state index contributed by atoms with van der Waals surface area (Å²) >= 11 is 0. The van der Waals surface area contributed by atoms with Crippen LogP contribution in [0.25, 0.3) is 0 Å². The Kier molecular flexibility index (Phi) is 3.78. The number of rotatable bonds is 4. The van der Waals surface area contributed by atoms with Crippen LogP contribution >= 0.6 is 0 Å². The van der Waals surface area contributed by atoms with E-state index in [1.54, 1.807) is 0 Å². The molecule has 0 aromatic carbocycles. The first-order chi connectivity index (χ1) is 8.97. The van der Waals surface area contributed by atoms with Crippen molar-refractivity contribution in [1.82, 2.24) is 4.57 Å². The Balaban J connectivity index is 2.37. The molecule has 1 aromatic heterocycles. The van der Waals surface area contributed by atoms with Gasteiger partial charge in [-0.15, -0.1) is 0 Å². The molecule has 4 heteroatoms. The van der Waals surface area contributed by atoms with Gasteiger partial charge < -0.3 is 9.67 Å². The van der Waals surface area contributed by atoms with E-state index in [0.29, 0.717) is 0 Å². The van der Waals surface area contributed by atoms with Gasteiger partial charge in [0.15, 0.2) is 5.43 Å². The molecule has 104 valence electrons. The first kappa shape index (κ1) is 13.8. The summed E-state index contributed by atoms with van der Waals surface area (Å²) < 4.78 is 1.94. The molecule has 0 amide bonds. The SMILES string of the molecule is CCC1(Cn2cc(C(=O)O)c(=O)cc2C)CCCC1. The Labute approximate surface area is 113 Å². The fraction of sp³-hybridized carbons (Fsp3) is 0.600. The van der Waals surface area contributed by atoms with E-state index in [2.05, 4.69) is 6.92 Å². The second-order valence-electron chi connectivity index (χ2n) is 5.69. The lowest BCUT2D eigenvalue weighted by Crippen LogP contribution is -2.26. The van der Waals surface area contributed by atoms with Gasteiger partial charge in [-0.1, -0.05) is 19.8 Å². The molecule has 1 aliphatic carbocycles. The van der Waals surface area contributed by atoms with Gasteiger partial charge in [-0.2, -0.15) is 0 Å². The fourth-order valence-corrected chi connectivity index (χ4v) is 3.11. The van der Waals surface area contributed by atoms with E-state index in [1.807, 2.05) is 11.5 Å². The average molecular weight is 263 g/mol. The molecule has 1 aromatic rings. The monoisotopic (exact) mass is 263 g/mol. The standard InChI is InChI=1S/C15H21NO3/c1-3-15(6-4-5-7-15)10-16-9-12(14(18)19)13(17)8-11(16)2/h8-9H,3-7,10H2,1-2H3,(H,18,19). The van der Waals surface area contributed by atoms with Gasteiger partial charge >= 0.3 is 5.97 Å². The van der Waals surface area contributed by atoms with Gasteiger partial charge in [0.05, 0.1) is 0 Å². The molecule has 4 nitrogen and oxygen atoms in total. The molecular weight excluding hydrogens is 242 g/mol. The summed E-state index contributed by atoms with van der Waals surface area (Å²) in [5.74, 6) is -1.14. The van der Waals surface area contributed by atoms with Crippen LogP contribution in [0.5, 0.6) is 0 Å². The summed E-state index contributed by atoms with van der Waals surface area (Å²) in [6, 6.07) is 1.43. The maximum absolute atomic E-state index is 11.6. The van der Waals surface area contributed by atoms with Crippen molar-refractivity contribution in [3.8, 4) is 0 Å². The maximum Gasteiger partial charge on any atom is 0.341 e. The van der Waals surface area contributed by atoms with Gasteiger partial charge in [-0.3, -0.25) is 4.79 Å². The van der Waals surface area contributed by atoms with Crippen molar-refractivity contribution in [1.29, 1.82) is 0 Å². The molecule has 0 unspecified atom stereocenters. The number of nitrogens with zero attached hydrogens (tertiary/aromatic N) is 1. The maximum atomic E-state index is 11.6. The van der Waals surface area contributed by atoms with Gasteiger partial charge in [0, 0.05) is 24.5 Å². The fourth-order valence-electron chi connectivity index (χ4n) is 3.11. The zero-order chi connectivity index (χ0) is 14.0. The second-order valence-corrected chi connectivity index (χ2v) is 5.69. The quantitative estimate of drug-likeness (QED) is 0.908. The average Bonchev–Trinajstić information content (AvgIpc) is 2.81. The van der Waals surface area contributed by atoms with Gasteiger partial charge in [0.25, 0.3) is 0 Å². The van der Waals surface area contributed by atoms with E-state index in [1.165, 1.54) is 37.9 Å². The number of aromatic carboxylic acids is 1. The summed E-state index contributed by atoms with van der Waals surface area (Å²) in [4.78, 5) is 22.7. The Morgan fingerprint density at radius 2 is 2.05 bits per heavy atom. The molecule has 1 N–H and O–H groups in total. The lowest BCUT2D eigenvalue weighted by molar-refractivity contribution is 0.0694. The number of carboxylic acids is 1. The number of hydrogen-bond donors (Lipinski definition) is 1. The van der Waals surface area contributed by atoms with Crippen LogP contribution < -0.4 is 5.43 Å². The van der Waals surface area contributed by atoms with Crippen molar-refractivity contribution in [2.45, 2.75) is 52.5 Å². The minimum absolute atomic E-state index is 0.130. The largest absolute Gasteiger partial charge is 0.477 e. The molecular formula is C15H21NO3. The van der Waals surface area contributed by atoms with E-state index in [0.717, 1.165) is 18.7 Å². The van der Waals surface area contributed by atoms with Crippen LogP contribution in [0, 0.1) is 12.3 Å². The highest BCUT2D eigenvalue weighted by atomic mass is 16.4. The molecule has 0 bridgehead atoms. The molecule has 1 saturated carbocycles. The minimum Gasteiger partial charge on any atom is -0.477 e. The Hall–Kier alpha value is -1.58. The molecule has 0 spiro atoms. The predicted octanol–water partition coefficient (Wildman–Crippen LogP) is 2.83. The molecule has 2 rings (SSSR count). The number of pyridine rings is 1. The van der Waals surface area contributed by atoms with Crippen molar-refractivity contribution in [3.63, 3.8) is 0 Å². The lowest BCUT2D eigenvalue weighted by Gasteiger charge is -2.29. The van der Waals surface area contributed by atoms with Crippen LogP contribution in [0.1, 0.15) is 55.1 Å². The number of carboxylic acid groups (broad SMARTS) is 1. The van der Waals surface area contributed by atoms with Gasteiger partial charge in [-0.25, -0.2) is 4.79 Å². The number of hydrogen-bond acceptors (Lipinski definition) is 2. The highest BCUT2D eigenvalue weighted by Crippen LogP contribution is 2.42. The number of aryl methyl sites for hydroxylation is 1. The number of aromatic nitrogens is 1. The summed E-state index contributed by atoms with van der Waals surface area (Å²) in [6.07, 6.45) is 7.49. The van der Waals surface area contributed by atoms with Crippen molar-refractivity contribution >= 4 is 5.97 Å². The summed E-state index contributed by atoms with van der Waals surface area (Å²) in [6.45, 7) is 4.88. The van der Waals surface area contributed by atoms with Gasteiger partial charge in [-0.05, 0) is 31.6 Å². The molecule has 1 heterocycles. The van der Waals surface area contributed by atoms with Crippen LogP contribution in [-0.2, 0) is 6.54 Å². The molecule has 0 atom stereocenters. The normalized spacial score (nSPS) is 17.6. The zero-order valence-corrected chi connectivity index (χ0v) is 11.6. The third-order valence-electron chi connectivity index (χ3n) is 4.49. The first-order valence-corrected chi connectivity index (χ1v) is 6.92. The second kappa shape index (κ2) is 5.19. The van der Waals surface area contributed by atoms with E-state index in [4.69, 9.17) is 5.11 Å². The van der Waals surface area contributed by atoms with Crippen molar-refractivity contribution in [2.24, 2.45) is 5.41 Å². The Morgan fingerprint density at radius 3 is 2.58 bits per heavy atom. The molecule has 1 aliphatic rings.